The Morgan fingerprint density at radius 2 is 1.47 bits per heavy atom. The number of rotatable bonds is 2. The second-order valence-corrected chi connectivity index (χ2v) is 3.70. The van der Waals surface area contributed by atoms with Gasteiger partial charge in [-0.25, -0.2) is 0 Å². The van der Waals surface area contributed by atoms with Crippen molar-refractivity contribution < 1.29 is 10.2 Å². The molecule has 0 bridgehead atoms. The molecule has 0 amide bonds. The summed E-state index contributed by atoms with van der Waals surface area (Å²) in [6.45, 7) is 0. The van der Waals surface area contributed by atoms with Crippen LogP contribution in [0.15, 0.2) is 52.7 Å². The van der Waals surface area contributed by atoms with Gasteiger partial charge in [0.25, 0.3) is 0 Å². The largest absolute Gasteiger partial charge is 0.505 e. The van der Waals surface area contributed by atoms with Gasteiger partial charge in [-0.1, -0.05) is 29.8 Å². The maximum Gasteiger partial charge on any atom is 0.169 e. The third-order valence-electron chi connectivity index (χ3n) is 2.10. The van der Waals surface area contributed by atoms with E-state index in [1.54, 1.807) is 24.3 Å². The van der Waals surface area contributed by atoms with Crippen molar-refractivity contribution >= 4 is 23.0 Å². The highest BCUT2D eigenvalue weighted by molar-refractivity contribution is 6.32. The predicted octanol–water partition coefficient (Wildman–Crippen LogP) is 4.17. The van der Waals surface area contributed by atoms with E-state index in [0.717, 1.165) is 0 Å². The van der Waals surface area contributed by atoms with Crippen LogP contribution in [0.1, 0.15) is 0 Å². The lowest BCUT2D eigenvalue weighted by Gasteiger charge is -2.00. The van der Waals surface area contributed by atoms with Crippen LogP contribution in [0.25, 0.3) is 0 Å². The van der Waals surface area contributed by atoms with E-state index >= 15 is 0 Å². The molecule has 2 aromatic carbocycles. The molecule has 2 rings (SSSR count). The van der Waals surface area contributed by atoms with E-state index in [-0.39, 0.29) is 17.2 Å². The summed E-state index contributed by atoms with van der Waals surface area (Å²) < 4.78 is 0. The summed E-state index contributed by atoms with van der Waals surface area (Å²) in [5.74, 6) is -0.276. The molecule has 2 N–H and O–H groups in total. The van der Waals surface area contributed by atoms with Crippen molar-refractivity contribution in [2.24, 2.45) is 10.2 Å². The fourth-order valence-electron chi connectivity index (χ4n) is 1.26. The summed E-state index contributed by atoms with van der Waals surface area (Å²) in [6, 6.07) is 11.3. The van der Waals surface area contributed by atoms with Crippen LogP contribution in [-0.4, -0.2) is 10.2 Å². The molecule has 0 aromatic heterocycles. The highest BCUT2D eigenvalue weighted by Crippen LogP contribution is 2.37. The zero-order valence-corrected chi connectivity index (χ0v) is 9.46. The molecule has 0 unspecified atom stereocenters. The van der Waals surface area contributed by atoms with Crippen molar-refractivity contribution in [3.8, 4) is 11.5 Å². The third-order valence-corrected chi connectivity index (χ3v) is 2.42. The molecule has 0 saturated heterocycles. The smallest absolute Gasteiger partial charge is 0.169 e. The van der Waals surface area contributed by atoms with E-state index in [1.807, 2.05) is 0 Å². The minimum absolute atomic E-state index is 0.0208. The van der Waals surface area contributed by atoms with Crippen molar-refractivity contribution in [3.63, 3.8) is 0 Å². The molecule has 4 nitrogen and oxygen atoms in total. The number of hydrogen-bond acceptors (Lipinski definition) is 4. The van der Waals surface area contributed by atoms with Crippen LogP contribution in [0, 0.1) is 0 Å². The number of nitrogens with zero attached hydrogens (tertiary/aromatic N) is 2. The fourth-order valence-corrected chi connectivity index (χ4v) is 1.43. The first-order valence-electron chi connectivity index (χ1n) is 4.85. The van der Waals surface area contributed by atoms with Gasteiger partial charge >= 0.3 is 0 Å². The van der Waals surface area contributed by atoms with E-state index in [9.17, 15) is 10.2 Å². The van der Waals surface area contributed by atoms with E-state index < -0.39 is 0 Å². The second-order valence-electron chi connectivity index (χ2n) is 3.30. The van der Waals surface area contributed by atoms with Crippen molar-refractivity contribution in [2.45, 2.75) is 0 Å². The number of benzene rings is 2. The molecule has 0 atom stereocenters. The van der Waals surface area contributed by atoms with Crippen LogP contribution in [-0.2, 0) is 0 Å². The number of aromatic hydroxyl groups is 2. The maximum atomic E-state index is 9.49. The van der Waals surface area contributed by atoms with Gasteiger partial charge in [0.15, 0.2) is 5.69 Å². The molecule has 17 heavy (non-hydrogen) atoms. The number of hydrogen-bond donors (Lipinski definition) is 2. The summed E-state index contributed by atoms with van der Waals surface area (Å²) in [5.41, 5.74) is 0.490. The lowest BCUT2D eigenvalue weighted by molar-refractivity contribution is 0.452. The minimum atomic E-state index is -0.138. The van der Waals surface area contributed by atoms with Gasteiger partial charge in [-0.15, -0.1) is 10.2 Å². The normalized spacial score (nSPS) is 10.9. The summed E-state index contributed by atoms with van der Waals surface area (Å²) >= 11 is 5.89. The van der Waals surface area contributed by atoms with Crippen molar-refractivity contribution in [1.82, 2.24) is 0 Å². The highest BCUT2D eigenvalue weighted by atomic mass is 35.5. The summed E-state index contributed by atoms with van der Waals surface area (Å²) in [7, 11) is 0. The third kappa shape index (κ3) is 2.54. The molecule has 0 fully saturated rings. The van der Waals surface area contributed by atoms with Gasteiger partial charge in [-0.3, -0.25) is 0 Å². The Labute approximate surface area is 103 Å². The van der Waals surface area contributed by atoms with Gasteiger partial charge < -0.3 is 10.2 Å². The Kier molecular flexibility index (Phi) is 3.25. The maximum absolute atomic E-state index is 9.49. The zero-order valence-electron chi connectivity index (χ0n) is 8.71. The lowest BCUT2D eigenvalue weighted by atomic mass is 10.3. The van der Waals surface area contributed by atoms with Gasteiger partial charge in [0.05, 0.1) is 5.02 Å². The lowest BCUT2D eigenvalue weighted by Crippen LogP contribution is -1.70. The van der Waals surface area contributed by atoms with Crippen LogP contribution in [0.2, 0.25) is 5.02 Å². The molecule has 0 saturated carbocycles. The summed E-state index contributed by atoms with van der Waals surface area (Å²) in [5, 5.41) is 27.1. The van der Waals surface area contributed by atoms with Crippen LogP contribution in [0.5, 0.6) is 11.5 Å². The molecule has 2 aromatic rings. The molecule has 0 aliphatic rings. The van der Waals surface area contributed by atoms with E-state index in [1.165, 1.54) is 18.2 Å². The van der Waals surface area contributed by atoms with Gasteiger partial charge in [-0.2, -0.15) is 0 Å². The topological polar surface area (TPSA) is 65.2 Å². The molecular weight excluding hydrogens is 240 g/mol. The summed E-state index contributed by atoms with van der Waals surface area (Å²) in [4.78, 5) is 0. The number of azo groups is 1. The first-order chi connectivity index (χ1) is 8.18. The first-order valence-corrected chi connectivity index (χ1v) is 5.23. The van der Waals surface area contributed by atoms with Gasteiger partial charge in [0, 0.05) is 0 Å². The predicted molar refractivity (Wildman–Crippen MR) is 65.4 cm³/mol. The summed E-state index contributed by atoms with van der Waals surface area (Å²) in [6.07, 6.45) is 0. The first kappa shape index (κ1) is 11.4. The molecule has 0 heterocycles. The van der Waals surface area contributed by atoms with E-state index in [0.29, 0.717) is 10.7 Å². The SMILES string of the molecule is Oc1cccc(O)c1N=Nc1ccccc1Cl. The quantitative estimate of drug-likeness (QED) is 0.784. The van der Waals surface area contributed by atoms with Gasteiger partial charge in [-0.05, 0) is 24.3 Å². The molecule has 0 spiro atoms. The van der Waals surface area contributed by atoms with Crippen LogP contribution in [0.3, 0.4) is 0 Å². The molecule has 86 valence electrons. The Morgan fingerprint density at radius 3 is 2.12 bits per heavy atom. The number of phenols is 2. The Balaban J connectivity index is 2.36. The second kappa shape index (κ2) is 4.84. The van der Waals surface area contributed by atoms with E-state index in [2.05, 4.69) is 10.2 Å². The molecule has 0 radical (unpaired) electrons. The molecule has 0 aliphatic carbocycles. The number of halogens is 1. The van der Waals surface area contributed by atoms with Crippen molar-refractivity contribution in [2.75, 3.05) is 0 Å². The van der Waals surface area contributed by atoms with Gasteiger partial charge in [0.1, 0.15) is 17.2 Å². The monoisotopic (exact) mass is 248 g/mol. The zero-order chi connectivity index (χ0) is 12.3. The van der Waals surface area contributed by atoms with Crippen LogP contribution in [0.4, 0.5) is 11.4 Å². The molecule has 0 aliphatic heterocycles. The minimum Gasteiger partial charge on any atom is -0.505 e. The van der Waals surface area contributed by atoms with Crippen LogP contribution < -0.4 is 0 Å². The average Bonchev–Trinajstić information content (AvgIpc) is 2.30. The average molecular weight is 249 g/mol. The fraction of sp³-hybridized carbons (Fsp3) is 0. The number of phenolic OH excluding ortho intramolecular Hbond substituents is 2. The van der Waals surface area contributed by atoms with Crippen molar-refractivity contribution in [1.29, 1.82) is 0 Å². The standard InChI is InChI=1S/C12H9ClN2O2/c13-8-4-1-2-5-9(8)14-15-12-10(16)6-3-7-11(12)17/h1-7,16-17H. The molecular formula is C12H9ClN2O2. The van der Waals surface area contributed by atoms with Gasteiger partial charge in [0.2, 0.25) is 0 Å². The molecule has 5 heteroatoms. The highest BCUT2D eigenvalue weighted by Gasteiger charge is 2.05. The Bertz CT molecular complexity index is 550. The Hall–Kier alpha value is -2.07. The van der Waals surface area contributed by atoms with E-state index in [4.69, 9.17) is 11.6 Å². The van der Waals surface area contributed by atoms with Crippen LogP contribution >= 0.6 is 11.6 Å². The Morgan fingerprint density at radius 1 is 0.824 bits per heavy atom. The van der Waals surface area contributed by atoms with Crippen molar-refractivity contribution in [3.05, 3.63) is 47.5 Å².